The number of phenols is 1. The van der Waals surface area contributed by atoms with Crippen molar-refractivity contribution in [2.75, 3.05) is 36.9 Å². The van der Waals surface area contributed by atoms with Gasteiger partial charge >= 0.3 is 0 Å². The molecule has 0 radical (unpaired) electrons. The number of phenolic OH excluding ortho intramolecular Hbond substituents is 1. The summed E-state index contributed by atoms with van der Waals surface area (Å²) in [5, 5.41) is 13.1. The number of aromatic nitrogens is 3. The summed E-state index contributed by atoms with van der Waals surface area (Å²) in [6.45, 7) is 2.51. The minimum atomic E-state index is -0.481. The number of anilines is 2. The Morgan fingerprint density at radius 1 is 1.03 bits per heavy atom. The molecule has 0 amide bonds. The number of aliphatic imine (C=N–C) groups is 1. The average molecular weight is 445 g/mol. The molecule has 0 bridgehead atoms. The number of nitrogens with two attached hydrogens (primary N) is 1. The van der Waals surface area contributed by atoms with Crippen molar-refractivity contribution in [3.63, 3.8) is 0 Å². The van der Waals surface area contributed by atoms with E-state index in [-0.39, 0.29) is 23.7 Å². The van der Waals surface area contributed by atoms with E-state index >= 15 is 0 Å². The van der Waals surface area contributed by atoms with Gasteiger partial charge in [0.15, 0.2) is 0 Å². The van der Waals surface area contributed by atoms with E-state index in [9.17, 15) is 5.11 Å². The second-order valence-corrected chi connectivity index (χ2v) is 7.51. The van der Waals surface area contributed by atoms with E-state index in [1.165, 1.54) is 0 Å². The largest absolute Gasteiger partial charge is 0.508 e. The maximum Gasteiger partial charge on any atom is 0.298 e. The third-order valence-corrected chi connectivity index (χ3v) is 5.21. The fraction of sp³-hybridized carbons (Fsp3) is 0.217. The molecule has 10 heteroatoms. The van der Waals surface area contributed by atoms with E-state index in [1.807, 2.05) is 47.4 Å². The number of amidine groups is 1. The molecule has 168 valence electrons. The highest BCUT2D eigenvalue weighted by atomic mass is 16.5. The van der Waals surface area contributed by atoms with Gasteiger partial charge in [-0.05, 0) is 23.8 Å². The zero-order valence-electron chi connectivity index (χ0n) is 17.8. The number of rotatable bonds is 4. The molecule has 1 saturated heterocycles. The Labute approximate surface area is 190 Å². The second kappa shape index (κ2) is 9.13. The summed E-state index contributed by atoms with van der Waals surface area (Å²) in [7, 11) is 0. The molecule has 1 unspecified atom stereocenters. The van der Waals surface area contributed by atoms with Gasteiger partial charge in [-0.3, -0.25) is 0 Å². The van der Waals surface area contributed by atoms with Gasteiger partial charge in [0, 0.05) is 24.4 Å². The van der Waals surface area contributed by atoms with Crippen molar-refractivity contribution in [2.24, 2.45) is 4.99 Å². The summed E-state index contributed by atoms with van der Waals surface area (Å²) < 4.78 is 11.5. The fourth-order valence-corrected chi connectivity index (χ4v) is 3.61. The highest BCUT2D eigenvalue weighted by molar-refractivity contribution is 5.88. The minimum absolute atomic E-state index is 0.0741. The van der Waals surface area contributed by atoms with Crippen LogP contribution in [-0.4, -0.2) is 52.4 Å². The Morgan fingerprint density at radius 2 is 1.85 bits per heavy atom. The van der Waals surface area contributed by atoms with Crippen molar-refractivity contribution in [2.45, 2.75) is 6.10 Å². The number of nitrogen functional groups attached to an aromatic ring is 1. The van der Waals surface area contributed by atoms with Crippen LogP contribution in [-0.2, 0) is 9.47 Å². The first-order valence-electron chi connectivity index (χ1n) is 10.6. The molecule has 3 aromatic rings. The molecule has 1 atom stereocenters. The second-order valence-electron chi connectivity index (χ2n) is 7.51. The summed E-state index contributed by atoms with van der Waals surface area (Å²) in [5.41, 5.74) is 8.48. The maximum absolute atomic E-state index is 9.94. The van der Waals surface area contributed by atoms with Crippen molar-refractivity contribution in [1.82, 2.24) is 20.3 Å². The standard InChI is InChI=1S/C23H23N7O3/c24-20-26-21(28-22(27-20)30-9-11-32-12-10-30)29-23-25-18(15-5-2-1-3-6-15)14-19(33-23)16-7-4-8-17(31)13-16/h1-8,13-14,19,31H,9-12H2,(H3,24,25,26,27,28,29). The van der Waals surface area contributed by atoms with E-state index in [0.29, 0.717) is 32.3 Å². The molecule has 5 rings (SSSR count). The number of aromatic hydroxyl groups is 1. The van der Waals surface area contributed by atoms with Crippen LogP contribution in [0.15, 0.2) is 65.7 Å². The maximum atomic E-state index is 9.94. The molecular formula is C23H23N7O3. The Balaban J connectivity index is 1.50. The summed E-state index contributed by atoms with van der Waals surface area (Å²) in [5.74, 6) is 0.813. The molecule has 2 aliphatic heterocycles. The van der Waals surface area contributed by atoms with Crippen LogP contribution in [0.25, 0.3) is 5.70 Å². The van der Waals surface area contributed by atoms with E-state index in [2.05, 4.69) is 25.3 Å². The number of morpholine rings is 1. The first-order chi connectivity index (χ1) is 16.1. The Kier molecular flexibility index (Phi) is 5.73. The molecule has 33 heavy (non-hydrogen) atoms. The zero-order chi connectivity index (χ0) is 22.6. The van der Waals surface area contributed by atoms with Gasteiger partial charge < -0.3 is 30.5 Å². The highest BCUT2D eigenvalue weighted by Crippen LogP contribution is 2.29. The Bertz CT molecular complexity index is 1190. The zero-order valence-corrected chi connectivity index (χ0v) is 17.8. The van der Waals surface area contributed by atoms with Crippen molar-refractivity contribution in [3.05, 3.63) is 71.8 Å². The molecule has 2 aliphatic rings. The third kappa shape index (κ3) is 4.85. The lowest BCUT2D eigenvalue weighted by atomic mass is 10.0. The summed E-state index contributed by atoms with van der Waals surface area (Å²) in [6.07, 6.45) is 1.45. The molecule has 10 nitrogen and oxygen atoms in total. The van der Waals surface area contributed by atoms with Gasteiger partial charge in [0.1, 0.15) is 11.9 Å². The van der Waals surface area contributed by atoms with Gasteiger partial charge in [0.2, 0.25) is 11.9 Å². The lowest BCUT2D eigenvalue weighted by Crippen LogP contribution is -2.37. The van der Waals surface area contributed by atoms with Gasteiger partial charge in [-0.15, -0.1) is 0 Å². The van der Waals surface area contributed by atoms with Gasteiger partial charge in [-0.25, -0.2) is 0 Å². The molecule has 4 N–H and O–H groups in total. The number of nitrogens with one attached hydrogen (secondary N) is 1. The molecule has 0 spiro atoms. The number of hydrogen-bond acceptors (Lipinski definition) is 9. The van der Waals surface area contributed by atoms with Crippen LogP contribution < -0.4 is 16.0 Å². The van der Waals surface area contributed by atoms with Crippen molar-refractivity contribution in [3.8, 4) is 5.75 Å². The summed E-state index contributed by atoms with van der Waals surface area (Å²) in [6, 6.07) is 17.0. The first kappa shape index (κ1) is 20.7. The van der Waals surface area contributed by atoms with E-state index in [1.54, 1.807) is 18.2 Å². The molecule has 3 heterocycles. The van der Waals surface area contributed by atoms with Crippen LogP contribution in [0.4, 0.5) is 17.8 Å². The van der Waals surface area contributed by atoms with Gasteiger partial charge in [0.25, 0.3) is 12.0 Å². The number of ether oxygens (including phenoxy) is 2. The summed E-state index contributed by atoms with van der Waals surface area (Å²) in [4.78, 5) is 19.3. The first-order valence-corrected chi connectivity index (χ1v) is 10.6. The lowest BCUT2D eigenvalue weighted by Gasteiger charge is -2.27. The molecule has 0 saturated carbocycles. The Hall–Kier alpha value is -4.18. The summed E-state index contributed by atoms with van der Waals surface area (Å²) >= 11 is 0. The van der Waals surface area contributed by atoms with Crippen molar-refractivity contribution < 1.29 is 14.6 Å². The van der Waals surface area contributed by atoms with Crippen molar-refractivity contribution >= 4 is 29.6 Å². The van der Waals surface area contributed by atoms with E-state index in [4.69, 9.17) is 15.2 Å². The molecule has 0 aliphatic carbocycles. The monoisotopic (exact) mass is 445 g/mol. The number of hydrogen-bond donors (Lipinski definition) is 3. The van der Waals surface area contributed by atoms with Crippen LogP contribution in [0.3, 0.4) is 0 Å². The topological polar surface area (TPSA) is 131 Å². The number of benzene rings is 2. The van der Waals surface area contributed by atoms with Gasteiger partial charge in [0.05, 0.1) is 13.2 Å². The SMILES string of the molecule is Nc1nc(/N=C2\NC(c3ccccc3)=CC(c3cccc(O)c3)O2)nc(N2CCOCC2)n1. The predicted octanol–water partition coefficient (Wildman–Crippen LogP) is 2.39. The van der Waals surface area contributed by atoms with Crippen LogP contribution >= 0.6 is 0 Å². The predicted molar refractivity (Wildman–Crippen MR) is 124 cm³/mol. The normalized spacial score (nSPS) is 19.5. The van der Waals surface area contributed by atoms with Crippen molar-refractivity contribution in [1.29, 1.82) is 0 Å². The van der Waals surface area contributed by atoms with E-state index < -0.39 is 6.10 Å². The Morgan fingerprint density at radius 3 is 2.64 bits per heavy atom. The highest BCUT2D eigenvalue weighted by Gasteiger charge is 2.23. The number of nitrogens with zero attached hydrogens (tertiary/aromatic N) is 5. The van der Waals surface area contributed by atoms with Crippen LogP contribution in [0.5, 0.6) is 5.75 Å². The van der Waals surface area contributed by atoms with Crippen LogP contribution in [0, 0.1) is 0 Å². The van der Waals surface area contributed by atoms with E-state index in [0.717, 1.165) is 16.8 Å². The fourth-order valence-electron chi connectivity index (χ4n) is 3.61. The molecule has 1 fully saturated rings. The molecular weight excluding hydrogens is 422 g/mol. The van der Waals surface area contributed by atoms with Gasteiger partial charge in [-0.2, -0.15) is 19.9 Å². The molecule has 2 aromatic carbocycles. The third-order valence-electron chi connectivity index (χ3n) is 5.21. The minimum Gasteiger partial charge on any atom is -0.508 e. The van der Waals surface area contributed by atoms with Gasteiger partial charge in [-0.1, -0.05) is 42.5 Å². The van der Waals surface area contributed by atoms with Crippen LogP contribution in [0.1, 0.15) is 17.2 Å². The smallest absolute Gasteiger partial charge is 0.298 e. The van der Waals surface area contributed by atoms with Crippen LogP contribution in [0.2, 0.25) is 0 Å². The lowest BCUT2D eigenvalue weighted by molar-refractivity contribution is 0.122. The average Bonchev–Trinajstić information content (AvgIpc) is 2.84. The molecule has 1 aromatic heterocycles. The quantitative estimate of drug-likeness (QED) is 0.554.